The van der Waals surface area contributed by atoms with Gasteiger partial charge in [-0.15, -0.1) is 0 Å². The number of amides is 1. The number of rotatable bonds is 5. The third-order valence-electron chi connectivity index (χ3n) is 9.76. The van der Waals surface area contributed by atoms with Crippen molar-refractivity contribution in [3.05, 3.63) is 35.4 Å². The van der Waals surface area contributed by atoms with Crippen LogP contribution >= 0.6 is 0 Å². The fourth-order valence-corrected chi connectivity index (χ4v) is 7.70. The van der Waals surface area contributed by atoms with Gasteiger partial charge in [0.1, 0.15) is 5.60 Å². The molecule has 5 rings (SSSR count). The molecule has 0 bridgehead atoms. The van der Waals surface area contributed by atoms with Crippen LogP contribution in [0.3, 0.4) is 0 Å². The molecule has 1 spiro atoms. The van der Waals surface area contributed by atoms with Crippen LogP contribution in [0.1, 0.15) is 109 Å². The molecule has 0 aromatic heterocycles. The first kappa shape index (κ1) is 27.0. The summed E-state index contributed by atoms with van der Waals surface area (Å²) in [5.41, 5.74) is 3.09. The van der Waals surface area contributed by atoms with Gasteiger partial charge in [0.2, 0.25) is 0 Å². The van der Waals surface area contributed by atoms with Crippen molar-refractivity contribution >= 4 is 6.09 Å². The lowest BCUT2D eigenvalue weighted by Crippen LogP contribution is -2.60. The van der Waals surface area contributed by atoms with Gasteiger partial charge in [0.25, 0.3) is 0 Å². The molecule has 4 aliphatic rings. The second kappa shape index (κ2) is 10.9. The Kier molecular flexibility index (Phi) is 7.94. The molecular weight excluding hydrogens is 458 g/mol. The van der Waals surface area contributed by atoms with Gasteiger partial charge in [0, 0.05) is 51.4 Å². The number of hydrogen-bond donors (Lipinski definition) is 0. The third-order valence-corrected chi connectivity index (χ3v) is 9.76. The fourth-order valence-electron chi connectivity index (χ4n) is 7.70. The number of hydrogen-bond acceptors (Lipinski definition) is 4. The minimum absolute atomic E-state index is 0.137. The van der Waals surface area contributed by atoms with Gasteiger partial charge >= 0.3 is 6.09 Å². The zero-order valence-electron chi connectivity index (χ0n) is 24.2. The van der Waals surface area contributed by atoms with Gasteiger partial charge < -0.3 is 9.64 Å². The highest BCUT2D eigenvalue weighted by molar-refractivity contribution is 5.68. The molecule has 2 aliphatic carbocycles. The van der Waals surface area contributed by atoms with E-state index in [2.05, 4.69) is 47.9 Å². The van der Waals surface area contributed by atoms with E-state index in [1.165, 1.54) is 70.3 Å². The third kappa shape index (κ3) is 6.19. The molecule has 5 nitrogen and oxygen atoms in total. The number of carbonyl (C=O) groups excluding carboxylic acids is 1. The standard InChI is InChI=1S/C32H51N3O2/c1-24(2)27-12-8-9-13-28(27)29-23-33(22-25-10-6-7-11-25)18-19-35(29)26-20-32(21-26)14-16-34(17-15-32)30(36)37-31(3,4)5/h8-9,12-13,24-26,29H,6-7,10-11,14-23H2,1-5H3. The van der Waals surface area contributed by atoms with Crippen LogP contribution in [0.4, 0.5) is 4.79 Å². The van der Waals surface area contributed by atoms with Crippen molar-refractivity contribution in [2.24, 2.45) is 11.3 Å². The van der Waals surface area contributed by atoms with Crippen LogP contribution in [-0.4, -0.2) is 71.7 Å². The van der Waals surface area contributed by atoms with E-state index in [1.807, 2.05) is 25.7 Å². The molecule has 1 atom stereocenters. The average molecular weight is 510 g/mol. The van der Waals surface area contributed by atoms with E-state index >= 15 is 0 Å². The van der Waals surface area contributed by atoms with E-state index < -0.39 is 5.60 Å². The highest BCUT2D eigenvalue weighted by Gasteiger charge is 2.50. The molecule has 1 amide bonds. The Hall–Kier alpha value is -1.59. The molecule has 1 unspecified atom stereocenters. The van der Waals surface area contributed by atoms with Crippen LogP contribution in [0.15, 0.2) is 24.3 Å². The smallest absolute Gasteiger partial charge is 0.410 e. The highest BCUT2D eigenvalue weighted by Crippen LogP contribution is 2.53. The first-order valence-electron chi connectivity index (χ1n) is 15.2. The average Bonchev–Trinajstić information content (AvgIpc) is 3.35. The summed E-state index contributed by atoms with van der Waals surface area (Å²) in [7, 11) is 0. The van der Waals surface area contributed by atoms with Crippen LogP contribution in [0.5, 0.6) is 0 Å². The topological polar surface area (TPSA) is 36.0 Å². The zero-order chi connectivity index (χ0) is 26.2. The van der Waals surface area contributed by atoms with E-state index in [9.17, 15) is 4.79 Å². The first-order chi connectivity index (χ1) is 17.6. The molecule has 2 saturated heterocycles. The van der Waals surface area contributed by atoms with Crippen molar-refractivity contribution < 1.29 is 9.53 Å². The van der Waals surface area contributed by atoms with Gasteiger partial charge in [-0.2, -0.15) is 0 Å². The van der Waals surface area contributed by atoms with Crippen LogP contribution in [0.25, 0.3) is 0 Å². The fraction of sp³-hybridized carbons (Fsp3) is 0.781. The summed E-state index contributed by atoms with van der Waals surface area (Å²) in [4.78, 5) is 20.2. The normalized spacial score (nSPS) is 26.1. The molecule has 4 fully saturated rings. The maximum absolute atomic E-state index is 12.6. The summed E-state index contributed by atoms with van der Waals surface area (Å²) in [5, 5.41) is 0. The van der Waals surface area contributed by atoms with Crippen LogP contribution in [0, 0.1) is 11.3 Å². The Morgan fingerprint density at radius 2 is 1.70 bits per heavy atom. The monoisotopic (exact) mass is 509 g/mol. The Balaban J connectivity index is 1.25. The minimum Gasteiger partial charge on any atom is -0.444 e. The maximum Gasteiger partial charge on any atom is 0.410 e. The molecule has 1 aromatic carbocycles. The van der Waals surface area contributed by atoms with Crippen molar-refractivity contribution in [2.75, 3.05) is 39.3 Å². The Labute approximate surface area is 225 Å². The van der Waals surface area contributed by atoms with Gasteiger partial charge in [-0.05, 0) is 87.7 Å². The predicted molar refractivity (Wildman–Crippen MR) is 151 cm³/mol. The zero-order valence-corrected chi connectivity index (χ0v) is 24.2. The number of ether oxygens (including phenoxy) is 1. The first-order valence-corrected chi connectivity index (χ1v) is 15.2. The molecule has 37 heavy (non-hydrogen) atoms. The van der Waals surface area contributed by atoms with E-state index in [1.54, 1.807) is 5.56 Å². The second-order valence-corrected chi connectivity index (χ2v) is 14.0. The summed E-state index contributed by atoms with van der Waals surface area (Å²) in [6.07, 6.45) is 10.4. The molecular formula is C32H51N3O2. The summed E-state index contributed by atoms with van der Waals surface area (Å²) in [6, 6.07) is 10.4. The molecule has 0 N–H and O–H groups in total. The SMILES string of the molecule is CC(C)c1ccccc1C1CN(CC2CCCC2)CCN1C1CC2(CCN(C(=O)OC(C)(C)C)CC2)C1. The Morgan fingerprint density at radius 1 is 1.03 bits per heavy atom. The van der Waals surface area contributed by atoms with Crippen molar-refractivity contribution in [1.29, 1.82) is 0 Å². The molecule has 2 saturated carbocycles. The van der Waals surface area contributed by atoms with E-state index in [0.717, 1.165) is 31.8 Å². The van der Waals surface area contributed by atoms with Crippen molar-refractivity contribution in [3.8, 4) is 0 Å². The van der Waals surface area contributed by atoms with Crippen molar-refractivity contribution in [3.63, 3.8) is 0 Å². The van der Waals surface area contributed by atoms with Crippen LogP contribution in [0.2, 0.25) is 0 Å². The number of likely N-dealkylation sites (tertiary alicyclic amines) is 1. The van der Waals surface area contributed by atoms with Crippen molar-refractivity contribution in [2.45, 2.75) is 110 Å². The second-order valence-electron chi connectivity index (χ2n) is 14.0. The summed E-state index contributed by atoms with van der Waals surface area (Å²) < 4.78 is 5.64. The largest absolute Gasteiger partial charge is 0.444 e. The number of carbonyl (C=O) groups is 1. The minimum atomic E-state index is -0.422. The summed E-state index contributed by atoms with van der Waals surface area (Å²) >= 11 is 0. The van der Waals surface area contributed by atoms with Crippen molar-refractivity contribution in [1.82, 2.24) is 14.7 Å². The summed E-state index contributed by atoms with van der Waals surface area (Å²) in [6.45, 7) is 17.1. The number of piperidine rings is 1. The van der Waals surface area contributed by atoms with E-state index in [-0.39, 0.29) is 6.09 Å². The van der Waals surface area contributed by atoms with Gasteiger partial charge in [0.15, 0.2) is 0 Å². The Morgan fingerprint density at radius 3 is 2.35 bits per heavy atom. The van der Waals surface area contributed by atoms with Crippen LogP contribution in [-0.2, 0) is 4.74 Å². The molecule has 2 heterocycles. The maximum atomic E-state index is 12.6. The van der Waals surface area contributed by atoms with Crippen LogP contribution < -0.4 is 0 Å². The lowest BCUT2D eigenvalue weighted by Gasteiger charge is -2.58. The number of benzene rings is 1. The van der Waals surface area contributed by atoms with Gasteiger partial charge in [-0.3, -0.25) is 9.80 Å². The van der Waals surface area contributed by atoms with Gasteiger partial charge in [0.05, 0.1) is 0 Å². The predicted octanol–water partition coefficient (Wildman–Crippen LogP) is 6.84. The lowest BCUT2D eigenvalue weighted by atomic mass is 9.59. The molecule has 5 heteroatoms. The van der Waals surface area contributed by atoms with Gasteiger partial charge in [-0.1, -0.05) is 51.0 Å². The highest BCUT2D eigenvalue weighted by atomic mass is 16.6. The quantitative estimate of drug-likeness (QED) is 0.435. The summed E-state index contributed by atoms with van der Waals surface area (Å²) in [5.74, 6) is 1.46. The van der Waals surface area contributed by atoms with Gasteiger partial charge in [-0.25, -0.2) is 4.79 Å². The molecule has 1 aromatic rings. The van der Waals surface area contributed by atoms with E-state index in [4.69, 9.17) is 4.74 Å². The molecule has 206 valence electrons. The lowest BCUT2D eigenvalue weighted by molar-refractivity contribution is -0.0784. The number of nitrogens with zero attached hydrogens (tertiary/aromatic N) is 3. The van der Waals surface area contributed by atoms with E-state index in [0.29, 0.717) is 23.4 Å². The Bertz CT molecular complexity index is 916. The number of piperazine rings is 1. The molecule has 2 aliphatic heterocycles. The molecule has 0 radical (unpaired) electrons.